The van der Waals surface area contributed by atoms with Crippen LogP contribution in [0.15, 0.2) is 29.0 Å². The Hall–Kier alpha value is -3.50. The van der Waals surface area contributed by atoms with Crippen LogP contribution in [0.2, 0.25) is 0 Å². The van der Waals surface area contributed by atoms with E-state index < -0.39 is 0 Å². The number of likely N-dealkylation sites (tertiary alicyclic amines) is 2. The molecule has 0 aliphatic carbocycles. The van der Waals surface area contributed by atoms with Gasteiger partial charge in [-0.15, -0.1) is 11.3 Å². The Balaban J connectivity index is 1.10. The highest BCUT2D eigenvalue weighted by atomic mass is 32.1. The van der Waals surface area contributed by atoms with Gasteiger partial charge in [-0.2, -0.15) is 0 Å². The largest absolute Gasteiger partial charge is 0.496 e. The molecule has 4 aromatic rings. The maximum Gasteiger partial charge on any atom is 0.264 e. The minimum absolute atomic E-state index is 0.135. The van der Waals surface area contributed by atoms with Gasteiger partial charge in [0.2, 0.25) is 0 Å². The van der Waals surface area contributed by atoms with E-state index in [1.54, 1.807) is 13.4 Å². The normalized spacial score (nSPS) is 16.5. The Morgan fingerprint density at radius 3 is 2.61 bits per heavy atom. The third-order valence-corrected chi connectivity index (χ3v) is 9.73. The minimum atomic E-state index is 0.135. The second kappa shape index (κ2) is 11.8. The van der Waals surface area contributed by atoms with Crippen LogP contribution < -0.4 is 10.1 Å². The Kier molecular flexibility index (Phi) is 7.94. The van der Waals surface area contributed by atoms with Gasteiger partial charge in [0.25, 0.3) is 5.91 Å². The summed E-state index contributed by atoms with van der Waals surface area (Å²) >= 11 is 1.49. The molecule has 5 heterocycles. The van der Waals surface area contributed by atoms with Gasteiger partial charge in [0, 0.05) is 50.7 Å². The molecular weight excluding hydrogens is 536 g/mol. The molecule has 0 radical (unpaired) electrons. The fourth-order valence-corrected chi connectivity index (χ4v) is 7.27. The Bertz CT molecular complexity index is 1530. The Morgan fingerprint density at radius 2 is 1.90 bits per heavy atom. The zero-order chi connectivity index (χ0) is 28.5. The number of amides is 1. The van der Waals surface area contributed by atoms with Crippen molar-refractivity contribution in [1.29, 1.82) is 0 Å². The van der Waals surface area contributed by atoms with Crippen LogP contribution in [0.4, 0.5) is 5.82 Å². The van der Waals surface area contributed by atoms with Gasteiger partial charge in [0.1, 0.15) is 28.5 Å². The van der Waals surface area contributed by atoms with Crippen LogP contribution in [0.25, 0.3) is 10.2 Å². The molecule has 41 heavy (non-hydrogen) atoms. The fourth-order valence-electron chi connectivity index (χ4n) is 6.15. The van der Waals surface area contributed by atoms with Gasteiger partial charge in [-0.25, -0.2) is 9.97 Å². The maximum absolute atomic E-state index is 13.1. The van der Waals surface area contributed by atoms with E-state index in [2.05, 4.69) is 43.5 Å². The van der Waals surface area contributed by atoms with E-state index in [1.807, 2.05) is 25.7 Å². The lowest BCUT2D eigenvalue weighted by Gasteiger charge is -2.33. The van der Waals surface area contributed by atoms with Crippen molar-refractivity contribution in [2.24, 2.45) is 0 Å². The first-order chi connectivity index (χ1) is 19.9. The molecule has 1 N–H and O–H groups in total. The Morgan fingerprint density at radius 1 is 1.12 bits per heavy atom. The SMILES string of the molecule is COc1ccc(CN2CCC(Nc3ncnc4sc(C(=O)N5CCCC5)c(C)c34)CC2)cc1Cc1c(C)noc1C. The highest BCUT2D eigenvalue weighted by Crippen LogP contribution is 2.35. The number of anilines is 1. The summed E-state index contributed by atoms with van der Waals surface area (Å²) in [5.41, 5.74) is 5.48. The van der Waals surface area contributed by atoms with E-state index in [4.69, 9.17) is 9.26 Å². The average Bonchev–Trinajstić information content (AvgIpc) is 3.71. The van der Waals surface area contributed by atoms with Crippen LogP contribution in [0.1, 0.15) is 69.1 Å². The first-order valence-electron chi connectivity index (χ1n) is 14.5. The maximum atomic E-state index is 13.1. The number of hydrogen-bond donors (Lipinski definition) is 1. The molecule has 0 bridgehead atoms. The van der Waals surface area contributed by atoms with Crippen LogP contribution in [-0.4, -0.2) is 70.2 Å². The number of carbonyl (C=O) groups excluding carboxylic acids is 1. The molecule has 0 spiro atoms. The van der Waals surface area contributed by atoms with Gasteiger partial charge < -0.3 is 19.5 Å². The summed E-state index contributed by atoms with van der Waals surface area (Å²) in [6, 6.07) is 6.82. The second-order valence-corrected chi connectivity index (χ2v) is 12.3. The van der Waals surface area contributed by atoms with Crippen molar-refractivity contribution in [1.82, 2.24) is 24.9 Å². The molecule has 0 saturated carbocycles. The van der Waals surface area contributed by atoms with Crippen LogP contribution in [-0.2, 0) is 13.0 Å². The van der Waals surface area contributed by atoms with Gasteiger partial charge in [0.05, 0.1) is 23.1 Å². The van der Waals surface area contributed by atoms with Gasteiger partial charge in [-0.3, -0.25) is 9.69 Å². The quantitative estimate of drug-likeness (QED) is 0.294. The number of methoxy groups -OCH3 is 1. The molecule has 9 nitrogen and oxygen atoms in total. The van der Waals surface area contributed by atoms with Crippen LogP contribution in [0.3, 0.4) is 0 Å². The molecule has 10 heteroatoms. The van der Waals surface area contributed by atoms with Gasteiger partial charge in [0.15, 0.2) is 0 Å². The number of rotatable bonds is 8. The monoisotopic (exact) mass is 574 g/mol. The lowest BCUT2D eigenvalue weighted by atomic mass is 9.99. The number of nitrogens with zero attached hydrogens (tertiary/aromatic N) is 5. The number of aromatic nitrogens is 3. The Labute approximate surface area is 244 Å². The first kappa shape index (κ1) is 27.7. The molecule has 2 aliphatic heterocycles. The summed E-state index contributed by atoms with van der Waals surface area (Å²) in [4.78, 5) is 28.4. The minimum Gasteiger partial charge on any atom is -0.496 e. The standard InChI is InChI=1S/C31H38N6O3S/c1-19-27-29(32-18-33-30(27)41-28(19)31(38)37-11-5-6-12-37)34-24-9-13-36(14-10-24)17-22-7-8-26(39-4)23(15-22)16-25-20(2)35-40-21(25)3/h7-8,15,18,24H,5-6,9-14,16-17H2,1-4H3,(H,32,33,34). The van der Waals surface area contributed by atoms with Crippen molar-refractivity contribution < 1.29 is 14.1 Å². The number of ether oxygens (including phenoxy) is 1. The van der Waals surface area contributed by atoms with Crippen molar-refractivity contribution in [3.8, 4) is 5.75 Å². The van der Waals surface area contributed by atoms with Gasteiger partial charge in [-0.05, 0) is 69.2 Å². The van der Waals surface area contributed by atoms with E-state index in [0.29, 0.717) is 6.04 Å². The molecule has 2 aliphatic rings. The summed E-state index contributed by atoms with van der Waals surface area (Å²) in [5.74, 6) is 2.73. The van der Waals surface area contributed by atoms with Crippen molar-refractivity contribution in [2.75, 3.05) is 38.6 Å². The molecule has 1 amide bonds. The predicted molar refractivity (Wildman–Crippen MR) is 161 cm³/mol. The fraction of sp³-hybridized carbons (Fsp3) is 0.484. The number of fused-ring (bicyclic) bond motifs is 1. The zero-order valence-electron chi connectivity index (χ0n) is 24.3. The summed E-state index contributed by atoms with van der Waals surface area (Å²) in [6.45, 7) is 10.6. The van der Waals surface area contributed by atoms with E-state index in [9.17, 15) is 4.79 Å². The van der Waals surface area contributed by atoms with Crippen molar-refractivity contribution in [2.45, 2.75) is 65.5 Å². The lowest BCUT2D eigenvalue weighted by Crippen LogP contribution is -2.38. The topological polar surface area (TPSA) is 96.6 Å². The highest BCUT2D eigenvalue weighted by molar-refractivity contribution is 7.20. The molecule has 0 atom stereocenters. The number of piperidine rings is 1. The van der Waals surface area contributed by atoms with Crippen LogP contribution in [0.5, 0.6) is 5.75 Å². The molecule has 216 valence electrons. The van der Waals surface area contributed by atoms with Crippen LogP contribution in [0, 0.1) is 20.8 Å². The van der Waals surface area contributed by atoms with Crippen molar-refractivity contribution in [3.05, 3.63) is 63.1 Å². The van der Waals surface area contributed by atoms with Crippen molar-refractivity contribution >= 4 is 33.3 Å². The summed E-state index contributed by atoms with van der Waals surface area (Å²) in [5, 5.41) is 8.81. The van der Waals surface area contributed by atoms with Crippen molar-refractivity contribution in [3.63, 3.8) is 0 Å². The summed E-state index contributed by atoms with van der Waals surface area (Å²) in [7, 11) is 1.72. The van der Waals surface area contributed by atoms with Crippen LogP contribution >= 0.6 is 11.3 Å². The summed E-state index contributed by atoms with van der Waals surface area (Å²) in [6.07, 6.45) is 6.58. The number of aryl methyl sites for hydroxylation is 3. The van der Waals surface area contributed by atoms with E-state index in [1.165, 1.54) is 16.9 Å². The highest BCUT2D eigenvalue weighted by Gasteiger charge is 2.27. The molecule has 1 aromatic carbocycles. The molecule has 6 rings (SSSR count). The molecule has 2 fully saturated rings. The third-order valence-electron chi connectivity index (χ3n) is 8.54. The smallest absolute Gasteiger partial charge is 0.264 e. The molecular formula is C31H38N6O3S. The second-order valence-electron chi connectivity index (χ2n) is 11.3. The average molecular weight is 575 g/mol. The number of thiophene rings is 1. The number of benzene rings is 1. The molecule has 0 unspecified atom stereocenters. The third kappa shape index (κ3) is 5.67. The predicted octanol–water partition coefficient (Wildman–Crippen LogP) is 5.52. The summed E-state index contributed by atoms with van der Waals surface area (Å²) < 4.78 is 11.0. The zero-order valence-corrected chi connectivity index (χ0v) is 25.1. The van der Waals surface area contributed by atoms with E-state index >= 15 is 0 Å². The van der Waals surface area contributed by atoms with E-state index in [0.717, 1.165) is 120 Å². The molecule has 3 aromatic heterocycles. The number of nitrogens with one attached hydrogen (secondary N) is 1. The first-order valence-corrected chi connectivity index (χ1v) is 15.3. The number of hydrogen-bond acceptors (Lipinski definition) is 9. The molecule has 2 saturated heterocycles. The van der Waals surface area contributed by atoms with Gasteiger partial charge >= 0.3 is 0 Å². The van der Waals surface area contributed by atoms with Gasteiger partial charge in [-0.1, -0.05) is 17.3 Å². The number of carbonyl (C=O) groups is 1. The van der Waals surface area contributed by atoms with E-state index in [-0.39, 0.29) is 5.91 Å². The lowest BCUT2D eigenvalue weighted by molar-refractivity contribution is 0.0797.